The predicted molar refractivity (Wildman–Crippen MR) is 55.9 cm³/mol. The number of allylic oxidation sites excluding steroid dienone is 3. The van der Waals surface area contributed by atoms with E-state index >= 15 is 0 Å². The van der Waals surface area contributed by atoms with Gasteiger partial charge in [0.15, 0.2) is 0 Å². The van der Waals surface area contributed by atoms with Crippen molar-refractivity contribution >= 4 is 0 Å². The molecule has 0 aliphatic carbocycles. The van der Waals surface area contributed by atoms with Crippen LogP contribution in [0.4, 0.5) is 0 Å². The maximum atomic E-state index is 3.94. The molecule has 0 saturated heterocycles. The number of hydrogen-bond donors (Lipinski definition) is 0. The Hall–Kier alpha value is -0.980. The van der Waals surface area contributed by atoms with E-state index in [4.69, 9.17) is 0 Å². The average molecular weight is 165 g/mol. The minimum Gasteiger partial charge on any atom is -0.375 e. The molecule has 0 heterocycles. The number of rotatable bonds is 5. The summed E-state index contributed by atoms with van der Waals surface area (Å²) in [6, 6.07) is 0. The highest BCUT2D eigenvalue weighted by Crippen LogP contribution is 2.04. The Bertz CT molecular complexity index is 177. The second-order valence-corrected chi connectivity index (χ2v) is 3.36. The molecule has 0 rings (SSSR count). The molecule has 0 unspecified atom stereocenters. The second-order valence-electron chi connectivity index (χ2n) is 3.36. The molecule has 0 N–H and O–H groups in total. The van der Waals surface area contributed by atoms with Crippen molar-refractivity contribution in [3.8, 4) is 0 Å². The van der Waals surface area contributed by atoms with E-state index in [-0.39, 0.29) is 0 Å². The highest BCUT2D eigenvalue weighted by atomic mass is 15.1. The van der Waals surface area contributed by atoms with E-state index in [0.717, 1.165) is 12.2 Å². The molecular formula is C11H19N. The van der Waals surface area contributed by atoms with E-state index in [0.29, 0.717) is 5.92 Å². The van der Waals surface area contributed by atoms with Crippen molar-refractivity contribution in [2.45, 2.75) is 13.8 Å². The SMILES string of the molecule is C=C/C=C\C(=C)N(C)CC(C)C. The van der Waals surface area contributed by atoms with E-state index < -0.39 is 0 Å². The molecule has 0 fully saturated rings. The van der Waals surface area contributed by atoms with Gasteiger partial charge in [-0.05, 0) is 12.0 Å². The van der Waals surface area contributed by atoms with Crippen LogP contribution < -0.4 is 0 Å². The fourth-order valence-electron chi connectivity index (χ4n) is 0.971. The maximum absolute atomic E-state index is 3.94. The second kappa shape index (κ2) is 5.64. The molecule has 0 bridgehead atoms. The molecule has 0 aromatic carbocycles. The minimum absolute atomic E-state index is 0.670. The van der Waals surface area contributed by atoms with Gasteiger partial charge in [-0.1, -0.05) is 39.2 Å². The van der Waals surface area contributed by atoms with Gasteiger partial charge < -0.3 is 4.90 Å². The zero-order chi connectivity index (χ0) is 9.56. The third kappa shape index (κ3) is 4.78. The van der Waals surface area contributed by atoms with Crippen molar-refractivity contribution < 1.29 is 0 Å². The smallest absolute Gasteiger partial charge is 0.0290 e. The van der Waals surface area contributed by atoms with Crippen LogP contribution >= 0.6 is 0 Å². The summed E-state index contributed by atoms with van der Waals surface area (Å²) in [7, 11) is 2.05. The highest BCUT2D eigenvalue weighted by Gasteiger charge is 2.00. The molecule has 0 atom stereocenters. The molecule has 12 heavy (non-hydrogen) atoms. The Morgan fingerprint density at radius 2 is 2.08 bits per heavy atom. The summed E-state index contributed by atoms with van der Waals surface area (Å²) in [5.41, 5.74) is 1.03. The summed E-state index contributed by atoms with van der Waals surface area (Å²) in [4.78, 5) is 2.14. The van der Waals surface area contributed by atoms with Crippen LogP contribution in [0.25, 0.3) is 0 Å². The third-order valence-electron chi connectivity index (χ3n) is 1.55. The van der Waals surface area contributed by atoms with Crippen molar-refractivity contribution in [2.24, 2.45) is 5.92 Å². The molecule has 0 amide bonds. The standard InChI is InChI=1S/C11H19N/c1-6-7-8-11(4)12(5)9-10(2)3/h6-8,10H,1,4,9H2,2-3,5H3/b8-7-. The van der Waals surface area contributed by atoms with Crippen LogP contribution in [0.1, 0.15) is 13.8 Å². The summed E-state index contributed by atoms with van der Waals surface area (Å²) in [6.45, 7) is 13.0. The fourth-order valence-corrected chi connectivity index (χ4v) is 0.971. The Morgan fingerprint density at radius 1 is 1.50 bits per heavy atom. The first-order valence-electron chi connectivity index (χ1n) is 4.27. The monoisotopic (exact) mass is 165 g/mol. The van der Waals surface area contributed by atoms with Crippen molar-refractivity contribution in [3.63, 3.8) is 0 Å². The molecule has 0 spiro atoms. The molecular weight excluding hydrogens is 146 g/mol. The normalized spacial score (nSPS) is 10.7. The van der Waals surface area contributed by atoms with E-state index in [1.165, 1.54) is 0 Å². The largest absolute Gasteiger partial charge is 0.375 e. The lowest BCUT2D eigenvalue weighted by molar-refractivity contribution is 0.372. The van der Waals surface area contributed by atoms with Gasteiger partial charge in [-0.2, -0.15) is 0 Å². The lowest BCUT2D eigenvalue weighted by atomic mass is 10.2. The lowest BCUT2D eigenvalue weighted by Gasteiger charge is -2.21. The van der Waals surface area contributed by atoms with Crippen LogP contribution in [0.15, 0.2) is 37.1 Å². The Labute approximate surface area is 76.1 Å². The first-order valence-corrected chi connectivity index (χ1v) is 4.27. The molecule has 0 radical (unpaired) electrons. The average Bonchev–Trinajstić information content (AvgIpc) is 1.98. The number of likely N-dealkylation sites (N-methyl/N-ethyl adjacent to an activating group) is 1. The summed E-state index contributed by atoms with van der Waals surface area (Å²) < 4.78 is 0. The van der Waals surface area contributed by atoms with Crippen molar-refractivity contribution in [3.05, 3.63) is 37.1 Å². The van der Waals surface area contributed by atoms with Gasteiger partial charge in [0, 0.05) is 19.3 Å². The van der Waals surface area contributed by atoms with Gasteiger partial charge in [0.25, 0.3) is 0 Å². The van der Waals surface area contributed by atoms with E-state index in [1.54, 1.807) is 6.08 Å². The third-order valence-corrected chi connectivity index (χ3v) is 1.55. The van der Waals surface area contributed by atoms with Crippen molar-refractivity contribution in [1.29, 1.82) is 0 Å². The van der Waals surface area contributed by atoms with Gasteiger partial charge in [0.05, 0.1) is 0 Å². The number of nitrogens with zero attached hydrogens (tertiary/aromatic N) is 1. The topological polar surface area (TPSA) is 3.24 Å². The summed E-state index contributed by atoms with van der Waals surface area (Å²) >= 11 is 0. The van der Waals surface area contributed by atoms with Crippen LogP contribution in [0.2, 0.25) is 0 Å². The first kappa shape index (κ1) is 11.0. The molecule has 0 aliphatic heterocycles. The highest BCUT2D eigenvalue weighted by molar-refractivity contribution is 5.16. The molecule has 0 aliphatic rings. The quantitative estimate of drug-likeness (QED) is 0.566. The summed E-state index contributed by atoms with van der Waals surface area (Å²) in [5.74, 6) is 0.670. The van der Waals surface area contributed by atoms with Crippen LogP contribution in [0.5, 0.6) is 0 Å². The van der Waals surface area contributed by atoms with Crippen LogP contribution in [0, 0.1) is 5.92 Å². The predicted octanol–water partition coefficient (Wildman–Crippen LogP) is 2.83. The van der Waals surface area contributed by atoms with Gasteiger partial charge in [-0.25, -0.2) is 0 Å². The lowest BCUT2D eigenvalue weighted by Crippen LogP contribution is -2.21. The van der Waals surface area contributed by atoms with E-state index in [1.807, 2.05) is 12.2 Å². The van der Waals surface area contributed by atoms with Crippen molar-refractivity contribution in [1.82, 2.24) is 4.90 Å². The Kier molecular flexibility index (Phi) is 5.18. The Balaban J connectivity index is 3.92. The van der Waals surface area contributed by atoms with Crippen LogP contribution in [-0.2, 0) is 0 Å². The van der Waals surface area contributed by atoms with Gasteiger partial charge in [-0.15, -0.1) is 0 Å². The maximum Gasteiger partial charge on any atom is 0.0290 e. The molecule has 1 heteroatoms. The summed E-state index contributed by atoms with van der Waals surface area (Å²) in [5, 5.41) is 0. The first-order chi connectivity index (χ1) is 5.57. The van der Waals surface area contributed by atoms with Gasteiger partial charge in [-0.3, -0.25) is 0 Å². The molecule has 0 saturated carbocycles. The zero-order valence-electron chi connectivity index (χ0n) is 8.38. The molecule has 0 aromatic rings. The Morgan fingerprint density at radius 3 is 2.50 bits per heavy atom. The van der Waals surface area contributed by atoms with Crippen molar-refractivity contribution in [2.75, 3.05) is 13.6 Å². The molecule has 68 valence electrons. The molecule has 1 nitrogen and oxygen atoms in total. The van der Waals surface area contributed by atoms with Crippen LogP contribution in [-0.4, -0.2) is 18.5 Å². The van der Waals surface area contributed by atoms with Gasteiger partial charge in [0.2, 0.25) is 0 Å². The minimum atomic E-state index is 0.670. The van der Waals surface area contributed by atoms with E-state index in [2.05, 4.69) is 39.0 Å². The van der Waals surface area contributed by atoms with Gasteiger partial charge >= 0.3 is 0 Å². The number of hydrogen-bond acceptors (Lipinski definition) is 1. The fraction of sp³-hybridized carbons (Fsp3) is 0.455. The summed E-state index contributed by atoms with van der Waals surface area (Å²) in [6.07, 6.45) is 5.63. The van der Waals surface area contributed by atoms with E-state index in [9.17, 15) is 0 Å². The van der Waals surface area contributed by atoms with Crippen LogP contribution in [0.3, 0.4) is 0 Å². The van der Waals surface area contributed by atoms with Gasteiger partial charge in [0.1, 0.15) is 0 Å². The molecule has 0 aromatic heterocycles. The zero-order valence-corrected chi connectivity index (χ0v) is 8.38.